The molecule has 0 radical (unpaired) electrons. The van der Waals surface area contributed by atoms with Crippen molar-refractivity contribution in [2.75, 3.05) is 0 Å². The van der Waals surface area contributed by atoms with Crippen molar-refractivity contribution in [1.29, 1.82) is 0 Å². The lowest BCUT2D eigenvalue weighted by molar-refractivity contribution is 0.257. The number of aryl methyl sites for hydroxylation is 2. The van der Waals surface area contributed by atoms with Crippen LogP contribution >= 0.6 is 0 Å². The molecular formula is C17H25N. The van der Waals surface area contributed by atoms with Crippen molar-refractivity contribution in [2.45, 2.75) is 64.5 Å². The van der Waals surface area contributed by atoms with Gasteiger partial charge in [0.15, 0.2) is 0 Å². The topological polar surface area (TPSA) is 12.0 Å². The fraction of sp³-hybridized carbons (Fsp3) is 0.647. The second-order valence-corrected chi connectivity index (χ2v) is 6.37. The van der Waals surface area contributed by atoms with Crippen molar-refractivity contribution < 1.29 is 0 Å². The Hall–Kier alpha value is -0.820. The fourth-order valence-corrected chi connectivity index (χ4v) is 3.85. The Morgan fingerprint density at radius 3 is 2.89 bits per heavy atom. The highest BCUT2D eigenvalue weighted by Gasteiger charge is 2.33. The predicted octanol–water partition coefficient (Wildman–Crippen LogP) is 3.77. The smallest absolute Gasteiger partial charge is 0.0110 e. The number of hydrogen-bond donors (Lipinski definition) is 1. The minimum absolute atomic E-state index is 0.713. The van der Waals surface area contributed by atoms with E-state index in [-0.39, 0.29) is 0 Å². The van der Waals surface area contributed by atoms with Crippen LogP contribution in [0.2, 0.25) is 0 Å². The summed E-state index contributed by atoms with van der Waals surface area (Å²) >= 11 is 0. The van der Waals surface area contributed by atoms with Gasteiger partial charge in [0.25, 0.3) is 0 Å². The molecule has 18 heavy (non-hydrogen) atoms. The first-order valence-corrected chi connectivity index (χ1v) is 7.54. The zero-order valence-corrected chi connectivity index (χ0v) is 11.7. The van der Waals surface area contributed by atoms with Gasteiger partial charge in [-0.25, -0.2) is 0 Å². The zero-order chi connectivity index (χ0) is 12.5. The van der Waals surface area contributed by atoms with Gasteiger partial charge >= 0.3 is 0 Å². The molecule has 0 bridgehead atoms. The van der Waals surface area contributed by atoms with Crippen LogP contribution in [-0.2, 0) is 6.42 Å². The van der Waals surface area contributed by atoms with E-state index in [1.54, 1.807) is 5.56 Å². The molecule has 1 aromatic carbocycles. The first kappa shape index (κ1) is 12.2. The highest BCUT2D eigenvalue weighted by atomic mass is 15.0. The first-order chi connectivity index (χ1) is 8.72. The van der Waals surface area contributed by atoms with Crippen molar-refractivity contribution in [3.8, 4) is 0 Å². The summed E-state index contributed by atoms with van der Waals surface area (Å²) in [6.07, 6.45) is 8.36. The second-order valence-electron chi connectivity index (χ2n) is 6.37. The molecule has 0 amide bonds. The maximum atomic E-state index is 3.91. The molecule has 1 aliphatic heterocycles. The molecule has 1 heteroatoms. The molecule has 1 saturated heterocycles. The number of hydrogen-bond acceptors (Lipinski definition) is 1. The number of rotatable bonds is 2. The Bertz CT molecular complexity index is 424. The molecule has 1 aromatic rings. The van der Waals surface area contributed by atoms with Crippen molar-refractivity contribution in [3.05, 3.63) is 34.9 Å². The highest BCUT2D eigenvalue weighted by Crippen LogP contribution is 2.34. The molecule has 1 N–H and O–H groups in total. The number of benzene rings is 1. The van der Waals surface area contributed by atoms with Crippen LogP contribution in [0.25, 0.3) is 0 Å². The lowest BCUT2D eigenvalue weighted by Crippen LogP contribution is -2.46. The lowest BCUT2D eigenvalue weighted by Gasteiger charge is -2.34. The van der Waals surface area contributed by atoms with Crippen molar-refractivity contribution in [3.63, 3.8) is 0 Å². The average molecular weight is 243 g/mol. The molecule has 1 aliphatic carbocycles. The van der Waals surface area contributed by atoms with Crippen LogP contribution in [0.1, 0.15) is 48.8 Å². The normalized spacial score (nSPS) is 31.3. The molecule has 3 rings (SSSR count). The van der Waals surface area contributed by atoms with E-state index >= 15 is 0 Å². The Labute approximate surface area is 111 Å². The van der Waals surface area contributed by atoms with E-state index in [4.69, 9.17) is 0 Å². The molecule has 1 heterocycles. The molecule has 3 unspecified atom stereocenters. The minimum atomic E-state index is 0.713. The Morgan fingerprint density at radius 2 is 2.00 bits per heavy atom. The zero-order valence-electron chi connectivity index (χ0n) is 11.7. The van der Waals surface area contributed by atoms with Crippen LogP contribution < -0.4 is 5.32 Å². The van der Waals surface area contributed by atoms with Gasteiger partial charge in [-0.05, 0) is 63.0 Å². The third-order valence-corrected chi connectivity index (χ3v) is 4.97. The Kier molecular flexibility index (Phi) is 3.43. The number of piperidine rings is 1. The first-order valence-electron chi connectivity index (χ1n) is 7.54. The minimum Gasteiger partial charge on any atom is -0.311 e. The van der Waals surface area contributed by atoms with Gasteiger partial charge in [-0.3, -0.25) is 0 Å². The van der Waals surface area contributed by atoms with Crippen LogP contribution in [0.4, 0.5) is 0 Å². The van der Waals surface area contributed by atoms with Gasteiger partial charge in [0.1, 0.15) is 0 Å². The second kappa shape index (κ2) is 5.05. The van der Waals surface area contributed by atoms with Gasteiger partial charge in [-0.15, -0.1) is 0 Å². The third kappa shape index (κ3) is 2.47. The Balaban J connectivity index is 1.67. The summed E-state index contributed by atoms with van der Waals surface area (Å²) in [6.45, 7) is 4.44. The van der Waals surface area contributed by atoms with E-state index in [0.717, 1.165) is 12.0 Å². The molecular weight excluding hydrogens is 218 g/mol. The third-order valence-electron chi connectivity index (χ3n) is 4.97. The standard InChI is InChI=1S/C17H25N/c1-12-6-7-13(2)15(10-12)11-16-9-8-14-4-3-5-17(14)18-16/h6-7,10,14,16-18H,3-5,8-9,11H2,1-2H3. The van der Waals surface area contributed by atoms with Gasteiger partial charge < -0.3 is 5.32 Å². The molecule has 98 valence electrons. The summed E-state index contributed by atoms with van der Waals surface area (Å²) in [5.74, 6) is 0.986. The molecule has 2 fully saturated rings. The van der Waals surface area contributed by atoms with E-state index in [2.05, 4.69) is 37.4 Å². The van der Waals surface area contributed by atoms with Gasteiger partial charge in [-0.1, -0.05) is 30.2 Å². The molecule has 0 spiro atoms. The van der Waals surface area contributed by atoms with E-state index in [1.807, 2.05) is 0 Å². The molecule has 1 saturated carbocycles. The largest absolute Gasteiger partial charge is 0.311 e. The Morgan fingerprint density at radius 1 is 1.11 bits per heavy atom. The van der Waals surface area contributed by atoms with Crippen molar-refractivity contribution >= 4 is 0 Å². The summed E-state index contributed by atoms with van der Waals surface area (Å²) < 4.78 is 0. The van der Waals surface area contributed by atoms with Crippen LogP contribution in [0.5, 0.6) is 0 Å². The van der Waals surface area contributed by atoms with Gasteiger partial charge in [0.05, 0.1) is 0 Å². The van der Waals surface area contributed by atoms with E-state index in [1.165, 1.54) is 49.7 Å². The quantitative estimate of drug-likeness (QED) is 0.834. The highest BCUT2D eigenvalue weighted by molar-refractivity contribution is 5.31. The summed E-state index contributed by atoms with van der Waals surface area (Å²) in [4.78, 5) is 0. The monoisotopic (exact) mass is 243 g/mol. The van der Waals surface area contributed by atoms with E-state index in [9.17, 15) is 0 Å². The SMILES string of the molecule is Cc1ccc(C)c(CC2CCC3CCCC3N2)c1. The molecule has 3 atom stereocenters. The fourth-order valence-electron chi connectivity index (χ4n) is 3.85. The van der Waals surface area contributed by atoms with Crippen LogP contribution in [0.3, 0.4) is 0 Å². The van der Waals surface area contributed by atoms with Gasteiger partial charge in [-0.2, -0.15) is 0 Å². The molecule has 0 aromatic heterocycles. The maximum Gasteiger partial charge on any atom is 0.0110 e. The lowest BCUT2D eigenvalue weighted by atomic mass is 9.86. The van der Waals surface area contributed by atoms with Gasteiger partial charge in [0, 0.05) is 12.1 Å². The van der Waals surface area contributed by atoms with Crippen LogP contribution in [-0.4, -0.2) is 12.1 Å². The molecule has 1 nitrogen and oxygen atoms in total. The van der Waals surface area contributed by atoms with E-state index < -0.39 is 0 Å². The molecule has 2 aliphatic rings. The maximum absolute atomic E-state index is 3.91. The average Bonchev–Trinajstić information content (AvgIpc) is 2.81. The van der Waals surface area contributed by atoms with Gasteiger partial charge in [0.2, 0.25) is 0 Å². The van der Waals surface area contributed by atoms with E-state index in [0.29, 0.717) is 6.04 Å². The number of fused-ring (bicyclic) bond motifs is 1. The van der Waals surface area contributed by atoms with Crippen LogP contribution in [0.15, 0.2) is 18.2 Å². The summed E-state index contributed by atoms with van der Waals surface area (Å²) in [5.41, 5.74) is 4.39. The summed E-state index contributed by atoms with van der Waals surface area (Å²) in [7, 11) is 0. The summed E-state index contributed by atoms with van der Waals surface area (Å²) in [6, 6.07) is 8.41. The summed E-state index contributed by atoms with van der Waals surface area (Å²) in [5, 5.41) is 3.91. The number of nitrogens with one attached hydrogen (secondary N) is 1. The van der Waals surface area contributed by atoms with Crippen molar-refractivity contribution in [1.82, 2.24) is 5.32 Å². The predicted molar refractivity (Wildman–Crippen MR) is 76.9 cm³/mol. The van der Waals surface area contributed by atoms with Crippen molar-refractivity contribution in [2.24, 2.45) is 5.92 Å². The van der Waals surface area contributed by atoms with Crippen LogP contribution in [0, 0.1) is 19.8 Å².